The molecule has 0 aromatic rings. The molecule has 1 amide bonds. The van der Waals surface area contributed by atoms with Gasteiger partial charge in [0.1, 0.15) is 13.2 Å². The molecule has 1 unspecified atom stereocenters. The van der Waals surface area contributed by atoms with Crippen LogP contribution in [0.25, 0.3) is 0 Å². The molecule has 0 fully saturated rings. The van der Waals surface area contributed by atoms with Gasteiger partial charge >= 0.3 is 7.82 Å². The summed E-state index contributed by atoms with van der Waals surface area (Å²) in [6, 6.07) is -0.869. The molecule has 254 valence electrons. The fourth-order valence-electron chi connectivity index (χ4n) is 4.63. The number of aliphatic hydroxyl groups excluding tert-OH is 1. The second-order valence-electron chi connectivity index (χ2n) is 12.9. The Kier molecular flexibility index (Phi) is 26.7. The SMILES string of the molecule is CCCCCCC/C=C/C=C/[C@@H](O)[C@H](COP(=O)(O)OCC[N+](C)(C)C)NC(=O)CCCCCCCCCCCCCC. The number of phosphoric acid groups is 1. The van der Waals surface area contributed by atoms with Gasteiger partial charge in [-0.1, -0.05) is 134 Å². The van der Waals surface area contributed by atoms with Crippen molar-refractivity contribution in [1.29, 1.82) is 0 Å². The Morgan fingerprint density at radius 3 is 1.84 bits per heavy atom. The van der Waals surface area contributed by atoms with Gasteiger partial charge in [0.25, 0.3) is 0 Å². The minimum Gasteiger partial charge on any atom is -0.387 e. The van der Waals surface area contributed by atoms with E-state index in [1.54, 1.807) is 12.2 Å². The number of hydrogen-bond acceptors (Lipinski definition) is 5. The summed E-state index contributed by atoms with van der Waals surface area (Å²) in [6.45, 7) is 4.70. The van der Waals surface area contributed by atoms with Crippen LogP contribution in [-0.2, 0) is 18.4 Å². The molecule has 0 rings (SSSR count). The van der Waals surface area contributed by atoms with Gasteiger partial charge in [0, 0.05) is 6.42 Å². The van der Waals surface area contributed by atoms with Crippen LogP contribution in [-0.4, -0.2) is 73.4 Å². The van der Waals surface area contributed by atoms with Crippen LogP contribution in [0.1, 0.15) is 136 Å². The highest BCUT2D eigenvalue weighted by molar-refractivity contribution is 7.47. The van der Waals surface area contributed by atoms with Crippen molar-refractivity contribution in [3.63, 3.8) is 0 Å². The van der Waals surface area contributed by atoms with Crippen molar-refractivity contribution in [2.24, 2.45) is 0 Å². The molecule has 0 aliphatic heterocycles. The van der Waals surface area contributed by atoms with E-state index in [0.29, 0.717) is 17.4 Å². The summed E-state index contributed by atoms with van der Waals surface area (Å²) in [5.74, 6) is -0.200. The molecule has 0 aliphatic carbocycles. The number of likely N-dealkylation sites (N-methyl/N-ethyl adjacent to an activating group) is 1. The topological polar surface area (TPSA) is 105 Å². The molecule has 3 N–H and O–H groups in total. The molecular formula is C34H68N2O6P+. The van der Waals surface area contributed by atoms with Crippen molar-refractivity contribution in [1.82, 2.24) is 5.32 Å². The lowest BCUT2D eigenvalue weighted by Crippen LogP contribution is -2.45. The molecule has 0 saturated carbocycles. The maximum absolute atomic E-state index is 12.7. The molecule has 9 heteroatoms. The van der Waals surface area contributed by atoms with Crippen LogP contribution >= 0.6 is 7.82 Å². The van der Waals surface area contributed by atoms with E-state index in [9.17, 15) is 19.4 Å². The summed E-state index contributed by atoms with van der Waals surface area (Å²) >= 11 is 0. The molecule has 0 spiro atoms. The van der Waals surface area contributed by atoms with Crippen LogP contribution in [0.2, 0.25) is 0 Å². The van der Waals surface area contributed by atoms with Gasteiger partial charge in [-0.05, 0) is 19.3 Å². The molecule has 0 aromatic heterocycles. The molecule has 0 radical (unpaired) electrons. The van der Waals surface area contributed by atoms with Gasteiger partial charge in [-0.25, -0.2) is 4.57 Å². The summed E-state index contributed by atoms with van der Waals surface area (Å²) in [6.07, 6.45) is 28.3. The predicted octanol–water partition coefficient (Wildman–Crippen LogP) is 8.24. The van der Waals surface area contributed by atoms with E-state index in [1.165, 1.54) is 83.5 Å². The molecule has 0 aliphatic rings. The van der Waals surface area contributed by atoms with Gasteiger partial charge in [0.05, 0.1) is 39.9 Å². The second kappa shape index (κ2) is 27.3. The van der Waals surface area contributed by atoms with Crippen molar-refractivity contribution in [3.05, 3.63) is 24.3 Å². The standard InChI is InChI=1S/C34H67N2O6P/c1-6-8-10-12-14-16-17-18-20-22-24-26-28-34(38)35-32(31-42-43(39,40)41-30-29-36(3,4)5)33(37)27-25-23-21-19-15-13-11-9-7-2/h21,23,25,27,32-33,37H,6-20,22,24,26,28-31H2,1-5H3,(H-,35,38,39,40)/p+1/b23-21+,27-25+/t32-,33+/m0/s1. The van der Waals surface area contributed by atoms with E-state index < -0.39 is 20.0 Å². The lowest BCUT2D eigenvalue weighted by atomic mass is 10.0. The molecule has 0 saturated heterocycles. The zero-order chi connectivity index (χ0) is 32.2. The highest BCUT2D eigenvalue weighted by Gasteiger charge is 2.27. The van der Waals surface area contributed by atoms with Crippen LogP contribution in [0.15, 0.2) is 24.3 Å². The quantitative estimate of drug-likeness (QED) is 0.0319. The van der Waals surface area contributed by atoms with E-state index in [2.05, 4.69) is 25.2 Å². The number of nitrogens with zero attached hydrogens (tertiary/aromatic N) is 1. The van der Waals surface area contributed by atoms with Crippen molar-refractivity contribution < 1.29 is 32.9 Å². The Balaban J connectivity index is 4.63. The first kappa shape index (κ1) is 42.0. The molecule has 3 atom stereocenters. The lowest BCUT2D eigenvalue weighted by Gasteiger charge is -2.25. The number of unbranched alkanes of at least 4 members (excludes halogenated alkanes) is 16. The largest absolute Gasteiger partial charge is 0.472 e. The maximum atomic E-state index is 12.7. The van der Waals surface area contributed by atoms with Gasteiger partial charge in [0.15, 0.2) is 0 Å². The molecule has 0 heterocycles. The highest BCUT2D eigenvalue weighted by atomic mass is 31.2. The Labute approximate surface area is 264 Å². The molecule has 0 aromatic carbocycles. The summed E-state index contributed by atoms with van der Waals surface area (Å²) in [7, 11) is 1.54. The summed E-state index contributed by atoms with van der Waals surface area (Å²) in [5, 5.41) is 13.6. The number of amides is 1. The number of aliphatic hydroxyl groups is 1. The van der Waals surface area contributed by atoms with Crippen LogP contribution in [0.5, 0.6) is 0 Å². The molecule has 0 bridgehead atoms. The number of nitrogens with one attached hydrogen (secondary N) is 1. The predicted molar refractivity (Wildman–Crippen MR) is 180 cm³/mol. The van der Waals surface area contributed by atoms with E-state index >= 15 is 0 Å². The first-order valence-corrected chi connectivity index (χ1v) is 18.7. The van der Waals surface area contributed by atoms with Gasteiger partial charge in [-0.15, -0.1) is 0 Å². The first-order chi connectivity index (χ1) is 20.5. The second-order valence-corrected chi connectivity index (χ2v) is 14.4. The van der Waals surface area contributed by atoms with Crippen LogP contribution < -0.4 is 5.32 Å². The van der Waals surface area contributed by atoms with Crippen molar-refractivity contribution in [2.75, 3.05) is 40.9 Å². The lowest BCUT2D eigenvalue weighted by molar-refractivity contribution is -0.870. The number of hydrogen-bond donors (Lipinski definition) is 3. The number of quaternary nitrogens is 1. The first-order valence-electron chi connectivity index (χ1n) is 17.2. The summed E-state index contributed by atoms with van der Waals surface area (Å²) in [5.41, 5.74) is 0. The van der Waals surface area contributed by atoms with E-state index in [0.717, 1.165) is 32.1 Å². The van der Waals surface area contributed by atoms with Crippen LogP contribution in [0, 0.1) is 0 Å². The van der Waals surface area contributed by atoms with E-state index in [1.807, 2.05) is 27.2 Å². The maximum Gasteiger partial charge on any atom is 0.472 e. The van der Waals surface area contributed by atoms with Crippen molar-refractivity contribution in [3.8, 4) is 0 Å². The minimum absolute atomic E-state index is 0.0545. The zero-order valence-electron chi connectivity index (χ0n) is 28.4. The van der Waals surface area contributed by atoms with Gasteiger partial charge in [0.2, 0.25) is 5.91 Å². The van der Waals surface area contributed by atoms with Crippen LogP contribution in [0.3, 0.4) is 0 Å². The van der Waals surface area contributed by atoms with E-state index in [-0.39, 0.29) is 19.1 Å². The molecule has 43 heavy (non-hydrogen) atoms. The summed E-state index contributed by atoms with van der Waals surface area (Å²) < 4.78 is 23.3. The van der Waals surface area contributed by atoms with Crippen LogP contribution in [0.4, 0.5) is 0 Å². The third kappa shape index (κ3) is 29.5. The average Bonchev–Trinajstić information content (AvgIpc) is 2.94. The number of rotatable bonds is 30. The van der Waals surface area contributed by atoms with Crippen molar-refractivity contribution in [2.45, 2.75) is 148 Å². The zero-order valence-corrected chi connectivity index (χ0v) is 29.3. The average molecular weight is 632 g/mol. The summed E-state index contributed by atoms with van der Waals surface area (Å²) in [4.78, 5) is 22.8. The van der Waals surface area contributed by atoms with Gasteiger partial charge in [-0.2, -0.15) is 0 Å². The van der Waals surface area contributed by atoms with E-state index in [4.69, 9.17) is 9.05 Å². The number of carbonyl (C=O) groups excluding carboxylic acids is 1. The molecule has 8 nitrogen and oxygen atoms in total. The third-order valence-corrected chi connectivity index (χ3v) is 8.46. The number of carbonyl (C=O) groups is 1. The Bertz CT molecular complexity index is 768. The Morgan fingerprint density at radius 2 is 1.30 bits per heavy atom. The number of phosphoric ester groups is 1. The van der Waals surface area contributed by atoms with Gasteiger partial charge < -0.3 is 19.8 Å². The third-order valence-electron chi connectivity index (χ3n) is 7.48. The molecular weight excluding hydrogens is 563 g/mol. The fraction of sp³-hybridized carbons (Fsp3) is 0.853. The number of allylic oxidation sites excluding steroid dienone is 3. The Morgan fingerprint density at radius 1 is 0.791 bits per heavy atom. The monoisotopic (exact) mass is 631 g/mol. The highest BCUT2D eigenvalue weighted by Crippen LogP contribution is 2.43. The fourth-order valence-corrected chi connectivity index (χ4v) is 5.36. The smallest absolute Gasteiger partial charge is 0.387 e. The minimum atomic E-state index is -4.33. The Hall–Kier alpha value is -1.02. The van der Waals surface area contributed by atoms with Crippen molar-refractivity contribution >= 4 is 13.7 Å². The van der Waals surface area contributed by atoms with Gasteiger partial charge in [-0.3, -0.25) is 13.8 Å². The normalized spacial score (nSPS) is 15.2.